The van der Waals surface area contributed by atoms with Crippen LogP contribution in [0.15, 0.2) is 109 Å². The maximum absolute atomic E-state index is 2.74. The van der Waals surface area contributed by atoms with Crippen LogP contribution in [0.2, 0.25) is 0 Å². The normalized spacial score (nSPS) is 18.4. The molecular weight excluding hydrogens is 780 g/mol. The highest BCUT2D eigenvalue weighted by molar-refractivity contribution is 6.97. The first kappa shape index (κ1) is 45.5. The summed E-state index contributed by atoms with van der Waals surface area (Å²) in [7, 11) is 0. The molecule has 2 unspecified atom stereocenters. The van der Waals surface area contributed by atoms with Crippen molar-refractivity contribution in [2.45, 2.75) is 181 Å². The van der Waals surface area contributed by atoms with Crippen LogP contribution >= 0.6 is 0 Å². The summed E-state index contributed by atoms with van der Waals surface area (Å²) in [4.78, 5) is 0. The minimum atomic E-state index is -0.0510. The molecule has 2 aliphatic carbocycles. The van der Waals surface area contributed by atoms with Crippen molar-refractivity contribution in [1.29, 1.82) is 0 Å². The van der Waals surface area contributed by atoms with Crippen LogP contribution in [0.3, 0.4) is 0 Å². The van der Waals surface area contributed by atoms with Crippen molar-refractivity contribution < 1.29 is 0 Å². The molecule has 336 valence electrons. The molecule has 1 heterocycles. The highest BCUT2D eigenvalue weighted by Crippen LogP contribution is 2.53. The molecule has 0 saturated carbocycles. The number of aryl methyl sites for hydroxylation is 2. The maximum atomic E-state index is 2.74. The van der Waals surface area contributed by atoms with Gasteiger partial charge in [0.05, 0.1) is 0 Å². The molecule has 6 aromatic rings. The summed E-state index contributed by atoms with van der Waals surface area (Å²) in [5.41, 5.74) is 26.8. The van der Waals surface area contributed by atoms with Crippen LogP contribution in [0.1, 0.15) is 208 Å². The van der Waals surface area contributed by atoms with Gasteiger partial charge in [-0.15, -0.1) is 0 Å². The highest BCUT2D eigenvalue weighted by atomic mass is 14.5. The van der Waals surface area contributed by atoms with Crippen LogP contribution in [-0.4, -0.2) is 6.71 Å². The fourth-order valence-electron chi connectivity index (χ4n) is 13.0. The molecule has 1 aliphatic heterocycles. The molecule has 1 heteroatoms. The lowest BCUT2D eigenvalue weighted by atomic mass is 9.30. The van der Waals surface area contributed by atoms with E-state index in [1.807, 2.05) is 0 Å². The predicted octanol–water partition coefficient (Wildman–Crippen LogP) is 14.9. The van der Waals surface area contributed by atoms with Gasteiger partial charge in [-0.2, -0.15) is 0 Å². The van der Waals surface area contributed by atoms with Gasteiger partial charge in [0, 0.05) is 17.3 Å². The number of fused-ring (bicyclic) bond motifs is 6. The third-order valence-corrected chi connectivity index (χ3v) is 16.6. The van der Waals surface area contributed by atoms with Crippen LogP contribution < -0.4 is 16.4 Å². The fraction of sp³-hybridized carbons (Fsp3) is 0.438. The molecule has 2 atom stereocenters. The van der Waals surface area contributed by atoms with E-state index in [9.17, 15) is 0 Å². The van der Waals surface area contributed by atoms with E-state index >= 15 is 0 Å². The smallest absolute Gasteiger partial charge is 0.0646 e. The van der Waals surface area contributed by atoms with Gasteiger partial charge in [0.1, 0.15) is 0 Å². The van der Waals surface area contributed by atoms with Crippen molar-refractivity contribution in [2.75, 3.05) is 0 Å². The molecule has 0 N–H and O–H groups in total. The molecule has 0 radical (unpaired) electrons. The second-order valence-electron chi connectivity index (χ2n) is 25.7. The molecule has 6 aromatic carbocycles. The van der Waals surface area contributed by atoms with Gasteiger partial charge in [-0.3, -0.25) is 0 Å². The molecule has 0 aromatic heterocycles. The second kappa shape index (κ2) is 15.2. The van der Waals surface area contributed by atoms with E-state index in [0.717, 1.165) is 19.3 Å². The fourth-order valence-corrected chi connectivity index (χ4v) is 13.0. The Morgan fingerprint density at radius 3 is 1.80 bits per heavy atom. The molecule has 0 fully saturated rings. The number of hydrogen-bond acceptors (Lipinski definition) is 0. The Hall–Kier alpha value is -4.62. The van der Waals surface area contributed by atoms with Crippen molar-refractivity contribution in [1.82, 2.24) is 0 Å². The first-order chi connectivity index (χ1) is 30.2. The zero-order valence-electron chi connectivity index (χ0n) is 43.2. The Balaban J connectivity index is 1.32. The summed E-state index contributed by atoms with van der Waals surface area (Å²) < 4.78 is 0. The van der Waals surface area contributed by atoms with Crippen molar-refractivity contribution >= 4 is 23.1 Å². The third-order valence-electron chi connectivity index (χ3n) is 16.6. The molecule has 0 amide bonds. The zero-order valence-corrected chi connectivity index (χ0v) is 43.2. The van der Waals surface area contributed by atoms with Crippen LogP contribution in [0.5, 0.6) is 0 Å². The van der Waals surface area contributed by atoms with E-state index in [0.29, 0.717) is 0 Å². The lowest BCUT2D eigenvalue weighted by Gasteiger charge is -2.39. The van der Waals surface area contributed by atoms with Crippen LogP contribution in [0.4, 0.5) is 0 Å². The van der Waals surface area contributed by atoms with Crippen molar-refractivity contribution in [3.8, 4) is 11.1 Å². The molecule has 0 saturated heterocycles. The molecule has 65 heavy (non-hydrogen) atoms. The molecule has 0 spiro atoms. The summed E-state index contributed by atoms with van der Waals surface area (Å²) in [6.07, 6.45) is 3.26. The maximum Gasteiger partial charge on any atom is 0.242 e. The zero-order chi connectivity index (χ0) is 47.0. The minimum Gasteiger partial charge on any atom is -0.0646 e. The molecule has 9 rings (SSSR count). The highest BCUT2D eigenvalue weighted by Gasteiger charge is 2.46. The van der Waals surface area contributed by atoms with Crippen LogP contribution in [-0.2, 0) is 38.9 Å². The average molecular weight is 857 g/mol. The molecular formula is C64H77B. The summed E-state index contributed by atoms with van der Waals surface area (Å²) in [5, 5.41) is 0. The van der Waals surface area contributed by atoms with E-state index in [1.54, 1.807) is 0 Å². The van der Waals surface area contributed by atoms with E-state index in [1.165, 1.54) is 99.8 Å². The number of hydrogen-bond donors (Lipinski definition) is 0. The SMILES string of the molecule is Cc1cc(C(C)(C)C)cc2c1B(c1cc3c(cc1C(C)c1cccc4c1-c1ccccc1C4(C)C)C(C)(C)CC3(C)C)c1cc(C(C)(C)C)ccc1C2CCc1ccc(C(C)(C)C)cc1. The Kier molecular flexibility index (Phi) is 10.7. The first-order valence-electron chi connectivity index (χ1n) is 25.0. The van der Waals surface area contributed by atoms with E-state index < -0.39 is 0 Å². The molecule has 3 aliphatic rings. The van der Waals surface area contributed by atoms with E-state index in [4.69, 9.17) is 0 Å². The van der Waals surface area contributed by atoms with Crippen molar-refractivity contribution in [2.24, 2.45) is 0 Å². The molecule has 0 nitrogen and oxygen atoms in total. The number of rotatable bonds is 6. The van der Waals surface area contributed by atoms with Gasteiger partial charge in [-0.25, -0.2) is 0 Å². The van der Waals surface area contributed by atoms with Crippen LogP contribution in [0, 0.1) is 6.92 Å². The quantitative estimate of drug-likeness (QED) is 0.146. The van der Waals surface area contributed by atoms with E-state index in [2.05, 4.69) is 227 Å². The lowest BCUT2D eigenvalue weighted by molar-refractivity contribution is 0.403. The van der Waals surface area contributed by atoms with Crippen molar-refractivity contribution in [3.05, 3.63) is 182 Å². The largest absolute Gasteiger partial charge is 0.242 e. The Morgan fingerprint density at radius 2 is 1.15 bits per heavy atom. The van der Waals surface area contributed by atoms with Crippen LogP contribution in [0.25, 0.3) is 11.1 Å². The Morgan fingerprint density at radius 1 is 0.554 bits per heavy atom. The Bertz CT molecular complexity index is 2840. The Labute approximate surface area is 395 Å². The van der Waals surface area contributed by atoms with Gasteiger partial charge >= 0.3 is 0 Å². The first-order valence-corrected chi connectivity index (χ1v) is 25.0. The van der Waals surface area contributed by atoms with E-state index in [-0.39, 0.29) is 51.0 Å². The summed E-state index contributed by atoms with van der Waals surface area (Å²) in [5.74, 6) is 0.461. The van der Waals surface area contributed by atoms with Gasteiger partial charge in [-0.1, -0.05) is 242 Å². The second-order valence-corrected chi connectivity index (χ2v) is 25.7. The lowest BCUT2D eigenvalue weighted by Crippen LogP contribution is -2.60. The van der Waals surface area contributed by atoms with Gasteiger partial charge in [0.25, 0.3) is 0 Å². The monoisotopic (exact) mass is 857 g/mol. The van der Waals surface area contributed by atoms with Gasteiger partial charge in [-0.05, 0) is 131 Å². The van der Waals surface area contributed by atoms with Gasteiger partial charge in [0.15, 0.2) is 0 Å². The summed E-state index contributed by atoms with van der Waals surface area (Å²) in [6, 6.07) is 44.3. The van der Waals surface area contributed by atoms with Crippen molar-refractivity contribution in [3.63, 3.8) is 0 Å². The summed E-state index contributed by atoms with van der Waals surface area (Å²) >= 11 is 0. The number of benzene rings is 6. The topological polar surface area (TPSA) is 0 Å². The van der Waals surface area contributed by atoms with Gasteiger partial charge in [0.2, 0.25) is 6.71 Å². The van der Waals surface area contributed by atoms with Gasteiger partial charge < -0.3 is 0 Å². The summed E-state index contributed by atoms with van der Waals surface area (Å²) in [6.45, 7) is 41.2. The minimum absolute atomic E-state index is 0.0140. The standard InChI is InChI=1S/C64H77B/c1-39-33-44(61(9,10)11)34-50-46(31-27-41-25-28-42(29-26-41)59(3,4)5)47-32-30-43(60(6,7)8)35-55(47)65(58(39)50)56-37-54-53(62(12,13)38-63(54,14)15)36-49(56)40(2)45-22-20-24-52-57(45)48-21-18-19-23-51(48)64(52,16)17/h18-26,28-30,32-37,40,46H,27,31,38H2,1-17H3. The predicted molar refractivity (Wildman–Crippen MR) is 284 cm³/mol. The third kappa shape index (κ3) is 7.60. The average Bonchev–Trinajstić information content (AvgIpc) is 3.57. The molecule has 0 bridgehead atoms.